The van der Waals surface area contributed by atoms with Crippen molar-refractivity contribution in [3.8, 4) is 0 Å². The maximum Gasteiger partial charge on any atom is 0.265 e. The number of hydrogen-bond acceptors (Lipinski definition) is 2. The Bertz CT molecular complexity index is 562. The first kappa shape index (κ1) is 12.1. The van der Waals surface area contributed by atoms with Gasteiger partial charge in [0.25, 0.3) is 5.91 Å². The Labute approximate surface area is 109 Å². The van der Waals surface area contributed by atoms with Crippen molar-refractivity contribution < 1.29 is 4.79 Å². The third-order valence-electron chi connectivity index (χ3n) is 2.56. The summed E-state index contributed by atoms with van der Waals surface area (Å²) in [5.41, 5.74) is 3.18. The lowest BCUT2D eigenvalue weighted by Crippen LogP contribution is -2.10. The van der Waals surface area contributed by atoms with Gasteiger partial charge in [-0.3, -0.25) is 4.79 Å². The van der Waals surface area contributed by atoms with Crippen molar-refractivity contribution in [3.05, 3.63) is 50.7 Å². The number of amides is 1. The van der Waals surface area contributed by atoms with E-state index in [1.165, 1.54) is 16.9 Å². The van der Waals surface area contributed by atoms with Gasteiger partial charge >= 0.3 is 0 Å². The van der Waals surface area contributed by atoms with E-state index in [1.807, 2.05) is 32.0 Å². The fourth-order valence-electron chi connectivity index (χ4n) is 1.45. The van der Waals surface area contributed by atoms with E-state index < -0.39 is 0 Å². The van der Waals surface area contributed by atoms with Crippen LogP contribution in [0.15, 0.2) is 30.3 Å². The largest absolute Gasteiger partial charge is 0.321 e. The second-order valence-corrected chi connectivity index (χ2v) is 5.57. The van der Waals surface area contributed by atoms with Crippen LogP contribution in [0.4, 0.5) is 5.69 Å². The first-order chi connectivity index (χ1) is 8.06. The van der Waals surface area contributed by atoms with Gasteiger partial charge in [-0.1, -0.05) is 17.7 Å². The molecule has 17 heavy (non-hydrogen) atoms. The van der Waals surface area contributed by atoms with Gasteiger partial charge in [-0.2, -0.15) is 0 Å². The van der Waals surface area contributed by atoms with Gasteiger partial charge in [0.15, 0.2) is 0 Å². The number of carbonyl (C=O) groups is 1. The van der Waals surface area contributed by atoms with E-state index in [0.717, 1.165) is 11.3 Å². The second kappa shape index (κ2) is 4.90. The lowest BCUT2D eigenvalue weighted by molar-refractivity contribution is 0.103. The van der Waals surface area contributed by atoms with E-state index in [9.17, 15) is 4.79 Å². The fourth-order valence-corrected chi connectivity index (χ4v) is 2.39. The molecular formula is C13H12ClNOS. The molecule has 1 N–H and O–H groups in total. The number of benzene rings is 1. The standard InChI is InChI=1S/C13H12ClNOS/c1-8-3-4-10(7-9(8)2)15-13(16)11-5-6-12(14)17-11/h3-7H,1-2H3,(H,15,16). The highest BCUT2D eigenvalue weighted by molar-refractivity contribution is 7.18. The number of rotatable bonds is 2. The Kier molecular flexibility index (Phi) is 3.50. The zero-order chi connectivity index (χ0) is 12.4. The monoisotopic (exact) mass is 265 g/mol. The maximum absolute atomic E-state index is 11.9. The molecule has 1 aromatic carbocycles. The highest BCUT2D eigenvalue weighted by atomic mass is 35.5. The van der Waals surface area contributed by atoms with E-state index in [0.29, 0.717) is 9.21 Å². The molecule has 1 aromatic heterocycles. The van der Waals surface area contributed by atoms with Crippen LogP contribution in [0.25, 0.3) is 0 Å². The summed E-state index contributed by atoms with van der Waals surface area (Å²) in [6.07, 6.45) is 0. The van der Waals surface area contributed by atoms with Crippen LogP contribution in [-0.4, -0.2) is 5.91 Å². The van der Waals surface area contributed by atoms with Crippen molar-refractivity contribution in [2.75, 3.05) is 5.32 Å². The average molecular weight is 266 g/mol. The molecule has 1 amide bonds. The third-order valence-corrected chi connectivity index (χ3v) is 3.79. The van der Waals surface area contributed by atoms with Crippen molar-refractivity contribution in [1.82, 2.24) is 0 Å². The Morgan fingerprint density at radius 2 is 1.94 bits per heavy atom. The number of halogens is 1. The molecular weight excluding hydrogens is 254 g/mol. The highest BCUT2D eigenvalue weighted by Crippen LogP contribution is 2.23. The summed E-state index contributed by atoms with van der Waals surface area (Å²) in [7, 11) is 0. The zero-order valence-electron chi connectivity index (χ0n) is 9.58. The Hall–Kier alpha value is -1.32. The smallest absolute Gasteiger partial charge is 0.265 e. The molecule has 0 aliphatic carbocycles. The molecule has 0 atom stereocenters. The summed E-state index contributed by atoms with van der Waals surface area (Å²) in [4.78, 5) is 12.5. The molecule has 4 heteroatoms. The van der Waals surface area contributed by atoms with E-state index in [2.05, 4.69) is 5.32 Å². The lowest BCUT2D eigenvalue weighted by Gasteiger charge is -2.06. The number of hydrogen-bond donors (Lipinski definition) is 1. The van der Waals surface area contributed by atoms with Crippen LogP contribution in [0.5, 0.6) is 0 Å². The van der Waals surface area contributed by atoms with Crippen LogP contribution in [0.2, 0.25) is 4.34 Å². The second-order valence-electron chi connectivity index (χ2n) is 3.86. The minimum absolute atomic E-state index is 0.120. The number of anilines is 1. The first-order valence-electron chi connectivity index (χ1n) is 5.20. The summed E-state index contributed by atoms with van der Waals surface area (Å²) in [6.45, 7) is 4.06. The van der Waals surface area contributed by atoms with Gasteiger partial charge in [0.1, 0.15) is 0 Å². The topological polar surface area (TPSA) is 29.1 Å². The summed E-state index contributed by atoms with van der Waals surface area (Å²) in [5.74, 6) is -0.120. The van der Waals surface area contributed by atoms with Gasteiger partial charge in [0.05, 0.1) is 9.21 Å². The predicted octanol–water partition coefficient (Wildman–Crippen LogP) is 4.27. The van der Waals surface area contributed by atoms with Gasteiger partial charge < -0.3 is 5.32 Å². The molecule has 0 spiro atoms. The average Bonchev–Trinajstić information content (AvgIpc) is 2.70. The first-order valence-corrected chi connectivity index (χ1v) is 6.39. The third kappa shape index (κ3) is 2.87. The Balaban J connectivity index is 2.15. The van der Waals surface area contributed by atoms with Crippen LogP contribution < -0.4 is 5.32 Å². The molecule has 0 bridgehead atoms. The van der Waals surface area contributed by atoms with Crippen molar-refractivity contribution in [2.24, 2.45) is 0 Å². The summed E-state index contributed by atoms with van der Waals surface area (Å²) in [6, 6.07) is 9.30. The predicted molar refractivity (Wildman–Crippen MR) is 73.2 cm³/mol. The highest BCUT2D eigenvalue weighted by Gasteiger charge is 2.09. The molecule has 0 unspecified atom stereocenters. The molecule has 88 valence electrons. The van der Waals surface area contributed by atoms with Gasteiger partial charge in [-0.15, -0.1) is 11.3 Å². The van der Waals surface area contributed by atoms with Crippen LogP contribution in [0, 0.1) is 13.8 Å². The molecule has 2 aromatic rings. The van der Waals surface area contributed by atoms with Crippen LogP contribution >= 0.6 is 22.9 Å². The SMILES string of the molecule is Cc1ccc(NC(=O)c2ccc(Cl)s2)cc1C. The van der Waals surface area contributed by atoms with Crippen LogP contribution in [-0.2, 0) is 0 Å². The molecule has 0 fully saturated rings. The molecule has 0 radical (unpaired) electrons. The van der Waals surface area contributed by atoms with Crippen LogP contribution in [0.3, 0.4) is 0 Å². The van der Waals surface area contributed by atoms with Gasteiger partial charge in [0, 0.05) is 5.69 Å². The van der Waals surface area contributed by atoms with Crippen molar-refractivity contribution in [2.45, 2.75) is 13.8 Å². The lowest BCUT2D eigenvalue weighted by atomic mass is 10.1. The summed E-state index contributed by atoms with van der Waals surface area (Å²) >= 11 is 7.07. The minimum atomic E-state index is -0.120. The fraction of sp³-hybridized carbons (Fsp3) is 0.154. The number of carbonyl (C=O) groups excluding carboxylic acids is 1. The van der Waals surface area contributed by atoms with Crippen molar-refractivity contribution >= 4 is 34.5 Å². The van der Waals surface area contributed by atoms with Gasteiger partial charge in [-0.25, -0.2) is 0 Å². The Morgan fingerprint density at radius 3 is 2.53 bits per heavy atom. The molecule has 1 heterocycles. The molecule has 2 rings (SSSR count). The van der Waals surface area contributed by atoms with Crippen molar-refractivity contribution in [3.63, 3.8) is 0 Å². The summed E-state index contributed by atoms with van der Waals surface area (Å²) in [5, 5.41) is 2.85. The maximum atomic E-state index is 11.9. The molecule has 2 nitrogen and oxygen atoms in total. The van der Waals surface area contributed by atoms with E-state index in [4.69, 9.17) is 11.6 Å². The number of nitrogens with one attached hydrogen (secondary N) is 1. The van der Waals surface area contributed by atoms with Gasteiger partial charge in [-0.05, 0) is 49.2 Å². The van der Waals surface area contributed by atoms with E-state index >= 15 is 0 Å². The normalized spacial score (nSPS) is 10.3. The van der Waals surface area contributed by atoms with E-state index in [1.54, 1.807) is 12.1 Å². The number of thiophene rings is 1. The molecule has 0 saturated carbocycles. The number of aryl methyl sites for hydroxylation is 2. The van der Waals surface area contributed by atoms with E-state index in [-0.39, 0.29) is 5.91 Å². The molecule has 0 aliphatic heterocycles. The quantitative estimate of drug-likeness (QED) is 0.863. The van der Waals surface area contributed by atoms with Gasteiger partial charge in [0.2, 0.25) is 0 Å². The molecule has 0 saturated heterocycles. The Morgan fingerprint density at radius 1 is 1.18 bits per heavy atom. The molecule has 0 aliphatic rings. The van der Waals surface area contributed by atoms with Crippen LogP contribution in [0.1, 0.15) is 20.8 Å². The zero-order valence-corrected chi connectivity index (χ0v) is 11.2. The van der Waals surface area contributed by atoms with Crippen molar-refractivity contribution in [1.29, 1.82) is 0 Å². The summed E-state index contributed by atoms with van der Waals surface area (Å²) < 4.78 is 0.621. The minimum Gasteiger partial charge on any atom is -0.321 e.